The highest BCUT2D eigenvalue weighted by Crippen LogP contribution is 2.21. The highest BCUT2D eigenvalue weighted by molar-refractivity contribution is 5.85. The number of aromatic carboxylic acids is 1. The third kappa shape index (κ3) is 5.30. The van der Waals surface area contributed by atoms with Crippen molar-refractivity contribution in [2.24, 2.45) is 11.8 Å². The molecule has 2 N–H and O–H groups in total. The summed E-state index contributed by atoms with van der Waals surface area (Å²) in [7, 11) is 0. The van der Waals surface area contributed by atoms with Crippen LogP contribution in [0.2, 0.25) is 0 Å². The van der Waals surface area contributed by atoms with Gasteiger partial charge in [-0.15, -0.1) is 0 Å². The van der Waals surface area contributed by atoms with Gasteiger partial charge in [-0.2, -0.15) is 0 Å². The van der Waals surface area contributed by atoms with Crippen molar-refractivity contribution in [1.29, 1.82) is 0 Å². The lowest BCUT2D eigenvalue weighted by Crippen LogP contribution is -2.39. The Morgan fingerprint density at radius 1 is 1.32 bits per heavy atom. The topological polar surface area (TPSA) is 65.5 Å². The summed E-state index contributed by atoms with van der Waals surface area (Å²) in [5.74, 6) is 1.27. The maximum absolute atomic E-state index is 10.9. The predicted octanol–water partition coefficient (Wildman–Crippen LogP) is 2.95. The van der Waals surface area contributed by atoms with Crippen molar-refractivity contribution < 1.29 is 9.90 Å². The van der Waals surface area contributed by atoms with Crippen molar-refractivity contribution in [3.63, 3.8) is 0 Å². The van der Waals surface area contributed by atoms with E-state index in [4.69, 9.17) is 5.11 Å². The lowest BCUT2D eigenvalue weighted by molar-refractivity contribution is 0.0690. The molecule has 22 heavy (non-hydrogen) atoms. The Hall–Kier alpha value is -1.62. The number of nitrogens with zero attached hydrogens (tertiary/aromatic N) is 2. The Morgan fingerprint density at radius 3 is 2.73 bits per heavy atom. The van der Waals surface area contributed by atoms with Crippen molar-refractivity contribution in [2.75, 3.05) is 31.5 Å². The average Bonchev–Trinajstić information content (AvgIpc) is 2.46. The second-order valence-electron chi connectivity index (χ2n) is 6.55. The van der Waals surface area contributed by atoms with Crippen LogP contribution in [-0.2, 0) is 0 Å². The fourth-order valence-corrected chi connectivity index (χ4v) is 3.30. The molecule has 0 spiro atoms. The number of carboxylic acid groups (broad SMARTS) is 1. The highest BCUT2D eigenvalue weighted by atomic mass is 16.4. The van der Waals surface area contributed by atoms with E-state index in [0.29, 0.717) is 5.82 Å². The van der Waals surface area contributed by atoms with Gasteiger partial charge >= 0.3 is 5.97 Å². The van der Waals surface area contributed by atoms with E-state index in [1.807, 2.05) is 0 Å². The SMILES string of the molecule is CC1CC(C)CN(CCCCNc2cccc(C(=O)O)n2)C1. The fourth-order valence-electron chi connectivity index (χ4n) is 3.30. The maximum Gasteiger partial charge on any atom is 0.354 e. The minimum absolute atomic E-state index is 0.0845. The molecule has 1 aliphatic heterocycles. The molecule has 1 aromatic heterocycles. The third-order valence-electron chi connectivity index (χ3n) is 4.12. The van der Waals surface area contributed by atoms with E-state index in [-0.39, 0.29) is 5.69 Å². The number of anilines is 1. The predicted molar refractivity (Wildman–Crippen MR) is 88.3 cm³/mol. The lowest BCUT2D eigenvalue weighted by atomic mass is 9.92. The largest absolute Gasteiger partial charge is 0.477 e. The second-order valence-corrected chi connectivity index (χ2v) is 6.55. The summed E-state index contributed by atoms with van der Waals surface area (Å²) in [6.07, 6.45) is 3.58. The number of likely N-dealkylation sites (tertiary alicyclic amines) is 1. The number of hydrogen-bond acceptors (Lipinski definition) is 4. The summed E-state index contributed by atoms with van der Waals surface area (Å²) < 4.78 is 0. The Balaban J connectivity index is 1.65. The van der Waals surface area contributed by atoms with E-state index < -0.39 is 5.97 Å². The molecule has 0 radical (unpaired) electrons. The van der Waals surface area contributed by atoms with Crippen LogP contribution in [-0.4, -0.2) is 47.1 Å². The summed E-state index contributed by atoms with van der Waals surface area (Å²) in [6, 6.07) is 5.03. The molecule has 2 rings (SSSR count). The molecule has 0 aliphatic carbocycles. The van der Waals surface area contributed by atoms with Crippen LogP contribution in [0.25, 0.3) is 0 Å². The van der Waals surface area contributed by atoms with Gasteiger partial charge in [0.15, 0.2) is 5.69 Å². The van der Waals surface area contributed by atoms with Crippen LogP contribution in [0.5, 0.6) is 0 Å². The van der Waals surface area contributed by atoms with E-state index in [9.17, 15) is 4.79 Å². The molecule has 5 nitrogen and oxygen atoms in total. The zero-order chi connectivity index (χ0) is 15.9. The Bertz CT molecular complexity index is 483. The van der Waals surface area contributed by atoms with Crippen LogP contribution in [0.15, 0.2) is 18.2 Å². The molecule has 0 amide bonds. The quantitative estimate of drug-likeness (QED) is 0.758. The van der Waals surface area contributed by atoms with Gasteiger partial charge < -0.3 is 15.3 Å². The zero-order valence-corrected chi connectivity index (χ0v) is 13.6. The Morgan fingerprint density at radius 2 is 2.05 bits per heavy atom. The Labute approximate surface area is 132 Å². The number of unbranched alkanes of at least 4 members (excludes halogenated alkanes) is 1. The van der Waals surface area contributed by atoms with E-state index in [0.717, 1.165) is 37.8 Å². The standard InChI is InChI=1S/C17H27N3O2/c1-13-10-14(2)12-20(11-13)9-4-3-8-18-16-7-5-6-15(19-16)17(21)22/h5-7,13-14H,3-4,8-12H2,1-2H3,(H,18,19)(H,21,22). The summed E-state index contributed by atoms with van der Waals surface area (Å²) in [5, 5.41) is 12.1. The number of carbonyl (C=O) groups is 1. The van der Waals surface area contributed by atoms with Crippen molar-refractivity contribution in [3.8, 4) is 0 Å². The number of carboxylic acids is 1. The van der Waals surface area contributed by atoms with E-state index in [2.05, 4.69) is 29.0 Å². The Kier molecular flexibility index (Phi) is 6.19. The van der Waals surface area contributed by atoms with Gasteiger partial charge in [-0.1, -0.05) is 19.9 Å². The smallest absolute Gasteiger partial charge is 0.354 e. The zero-order valence-electron chi connectivity index (χ0n) is 13.6. The number of piperidine rings is 1. The first kappa shape index (κ1) is 16.7. The lowest BCUT2D eigenvalue weighted by Gasteiger charge is -2.34. The molecule has 1 saturated heterocycles. The van der Waals surface area contributed by atoms with Crippen LogP contribution in [0.3, 0.4) is 0 Å². The fraction of sp³-hybridized carbons (Fsp3) is 0.647. The van der Waals surface area contributed by atoms with Crippen LogP contribution < -0.4 is 5.32 Å². The number of hydrogen-bond donors (Lipinski definition) is 2. The molecule has 1 aliphatic rings. The molecular weight excluding hydrogens is 278 g/mol. The van der Waals surface area contributed by atoms with Gasteiger partial charge in [-0.05, 0) is 49.8 Å². The van der Waals surface area contributed by atoms with Gasteiger partial charge in [-0.25, -0.2) is 9.78 Å². The van der Waals surface area contributed by atoms with Crippen molar-refractivity contribution in [2.45, 2.75) is 33.1 Å². The molecule has 0 aromatic carbocycles. The minimum atomic E-state index is -0.989. The van der Waals surface area contributed by atoms with Gasteiger partial charge in [0.05, 0.1) is 0 Å². The molecule has 5 heteroatoms. The number of rotatable bonds is 7. The van der Waals surface area contributed by atoms with E-state index in [1.165, 1.54) is 25.6 Å². The van der Waals surface area contributed by atoms with Gasteiger partial charge in [0.2, 0.25) is 0 Å². The molecule has 2 atom stereocenters. The average molecular weight is 305 g/mol. The number of aromatic nitrogens is 1. The van der Waals surface area contributed by atoms with Gasteiger partial charge in [0, 0.05) is 19.6 Å². The van der Waals surface area contributed by atoms with Crippen LogP contribution in [0.4, 0.5) is 5.82 Å². The normalized spacial score (nSPS) is 22.5. The van der Waals surface area contributed by atoms with Gasteiger partial charge in [-0.3, -0.25) is 0 Å². The number of pyridine rings is 1. The van der Waals surface area contributed by atoms with Gasteiger partial charge in [0.25, 0.3) is 0 Å². The first-order valence-electron chi connectivity index (χ1n) is 8.21. The third-order valence-corrected chi connectivity index (χ3v) is 4.12. The molecular formula is C17H27N3O2. The molecule has 2 heterocycles. The van der Waals surface area contributed by atoms with E-state index in [1.54, 1.807) is 12.1 Å². The van der Waals surface area contributed by atoms with Crippen LogP contribution >= 0.6 is 0 Å². The molecule has 1 aromatic rings. The molecule has 0 saturated carbocycles. The summed E-state index contributed by atoms with van der Waals surface area (Å²) >= 11 is 0. The van der Waals surface area contributed by atoms with Crippen molar-refractivity contribution in [3.05, 3.63) is 23.9 Å². The molecule has 122 valence electrons. The van der Waals surface area contributed by atoms with Crippen LogP contribution in [0, 0.1) is 11.8 Å². The first-order valence-corrected chi connectivity index (χ1v) is 8.21. The van der Waals surface area contributed by atoms with Gasteiger partial charge in [0.1, 0.15) is 5.82 Å². The van der Waals surface area contributed by atoms with Crippen LogP contribution in [0.1, 0.15) is 43.6 Å². The highest BCUT2D eigenvalue weighted by Gasteiger charge is 2.20. The molecule has 0 bridgehead atoms. The minimum Gasteiger partial charge on any atom is -0.477 e. The summed E-state index contributed by atoms with van der Waals surface area (Å²) in [5.41, 5.74) is 0.0845. The molecule has 1 fully saturated rings. The molecule has 2 unspecified atom stereocenters. The van der Waals surface area contributed by atoms with E-state index >= 15 is 0 Å². The summed E-state index contributed by atoms with van der Waals surface area (Å²) in [6.45, 7) is 9.10. The second kappa shape index (κ2) is 8.13. The summed E-state index contributed by atoms with van der Waals surface area (Å²) in [4.78, 5) is 17.5. The van der Waals surface area contributed by atoms with Crippen molar-refractivity contribution >= 4 is 11.8 Å². The first-order chi connectivity index (χ1) is 10.5. The monoisotopic (exact) mass is 305 g/mol. The van der Waals surface area contributed by atoms with Crippen molar-refractivity contribution in [1.82, 2.24) is 9.88 Å². The maximum atomic E-state index is 10.9. The number of nitrogens with one attached hydrogen (secondary N) is 1.